The van der Waals surface area contributed by atoms with E-state index < -0.39 is 24.2 Å². The van der Waals surface area contributed by atoms with Crippen LogP contribution in [-0.4, -0.2) is 43.4 Å². The van der Waals surface area contributed by atoms with Crippen molar-refractivity contribution in [3.8, 4) is 0 Å². The summed E-state index contributed by atoms with van der Waals surface area (Å²) in [4.78, 5) is 24.0. The van der Waals surface area contributed by atoms with E-state index in [2.05, 4.69) is 13.8 Å². The first-order chi connectivity index (χ1) is 10.9. The lowest BCUT2D eigenvalue weighted by Gasteiger charge is -2.30. The van der Waals surface area contributed by atoms with Gasteiger partial charge in [0.05, 0.1) is 19.1 Å². The Morgan fingerprint density at radius 3 is 2.65 bits per heavy atom. The van der Waals surface area contributed by atoms with Gasteiger partial charge in [0, 0.05) is 5.92 Å². The van der Waals surface area contributed by atoms with Crippen molar-refractivity contribution in [2.24, 2.45) is 23.5 Å². The smallest absolute Gasteiger partial charge is 0.325 e. The lowest BCUT2D eigenvalue weighted by atomic mass is 9.91. The van der Waals surface area contributed by atoms with Gasteiger partial charge >= 0.3 is 11.9 Å². The van der Waals surface area contributed by atoms with Crippen LogP contribution >= 0.6 is 0 Å². The summed E-state index contributed by atoms with van der Waals surface area (Å²) in [5.74, 6) is -0.124. The maximum Gasteiger partial charge on any atom is 0.325 e. The molecule has 1 saturated carbocycles. The van der Waals surface area contributed by atoms with E-state index in [0.717, 1.165) is 25.7 Å². The standard InChI is InChI=1S/C17H29NO5/c1-10(2)4-5-13-8-21-9-14(18)17(20)22-11(3)15(13)23-16(19)12-6-7-12/h10-15H,4-9,18H2,1-3H3/t11-,13-,14-,15-/m0/s1. The van der Waals surface area contributed by atoms with Crippen LogP contribution in [0.5, 0.6) is 0 Å². The molecule has 1 aliphatic carbocycles. The van der Waals surface area contributed by atoms with Gasteiger partial charge in [-0.25, -0.2) is 0 Å². The Hall–Kier alpha value is -1.14. The molecule has 2 fully saturated rings. The molecular weight excluding hydrogens is 298 g/mol. The minimum Gasteiger partial charge on any atom is -0.458 e. The van der Waals surface area contributed by atoms with Gasteiger partial charge in [-0.3, -0.25) is 9.59 Å². The van der Waals surface area contributed by atoms with E-state index in [0.29, 0.717) is 12.5 Å². The van der Waals surface area contributed by atoms with E-state index in [4.69, 9.17) is 19.9 Å². The highest BCUT2D eigenvalue weighted by Crippen LogP contribution is 2.32. The number of cyclic esters (lactones) is 1. The third-order valence-electron chi connectivity index (χ3n) is 4.44. The molecule has 6 heteroatoms. The van der Waals surface area contributed by atoms with Crippen molar-refractivity contribution >= 4 is 11.9 Å². The summed E-state index contributed by atoms with van der Waals surface area (Å²) in [5.41, 5.74) is 5.74. The van der Waals surface area contributed by atoms with E-state index in [9.17, 15) is 9.59 Å². The zero-order valence-electron chi connectivity index (χ0n) is 14.3. The van der Waals surface area contributed by atoms with Gasteiger partial charge in [-0.05, 0) is 32.1 Å². The lowest BCUT2D eigenvalue weighted by Crippen LogP contribution is -2.42. The molecule has 2 N–H and O–H groups in total. The van der Waals surface area contributed by atoms with Crippen molar-refractivity contribution in [2.45, 2.75) is 64.7 Å². The first-order valence-corrected chi connectivity index (χ1v) is 8.62. The van der Waals surface area contributed by atoms with Gasteiger partial charge in [-0.15, -0.1) is 0 Å². The average Bonchev–Trinajstić information content (AvgIpc) is 3.31. The molecule has 4 atom stereocenters. The molecular formula is C17H29NO5. The molecule has 0 spiro atoms. The summed E-state index contributed by atoms with van der Waals surface area (Å²) in [7, 11) is 0. The fraction of sp³-hybridized carbons (Fsp3) is 0.882. The summed E-state index contributed by atoms with van der Waals surface area (Å²) in [6.45, 7) is 6.63. The highest BCUT2D eigenvalue weighted by Gasteiger charge is 2.39. The Kier molecular flexibility index (Phi) is 6.41. The Bertz CT molecular complexity index is 421. The van der Waals surface area contributed by atoms with Gasteiger partial charge in [-0.2, -0.15) is 0 Å². The zero-order chi connectivity index (χ0) is 17.0. The quantitative estimate of drug-likeness (QED) is 0.773. The number of carbonyl (C=O) groups is 2. The Morgan fingerprint density at radius 2 is 2.04 bits per heavy atom. The Balaban J connectivity index is 2.10. The molecule has 0 amide bonds. The topological polar surface area (TPSA) is 87.8 Å². The Labute approximate surface area is 138 Å². The highest BCUT2D eigenvalue weighted by atomic mass is 16.6. The summed E-state index contributed by atoms with van der Waals surface area (Å²) in [6, 6.07) is -0.791. The minimum absolute atomic E-state index is 0.00759. The number of hydrogen-bond donors (Lipinski definition) is 1. The van der Waals surface area contributed by atoms with E-state index in [1.807, 2.05) is 0 Å². The second-order valence-electron chi connectivity index (χ2n) is 7.19. The van der Waals surface area contributed by atoms with Crippen molar-refractivity contribution in [3.05, 3.63) is 0 Å². The molecule has 1 aliphatic heterocycles. The number of esters is 2. The van der Waals surface area contributed by atoms with Crippen molar-refractivity contribution in [1.29, 1.82) is 0 Å². The molecule has 0 aromatic heterocycles. The van der Waals surface area contributed by atoms with Crippen molar-refractivity contribution in [3.63, 3.8) is 0 Å². The van der Waals surface area contributed by atoms with Gasteiger partial charge in [0.1, 0.15) is 18.2 Å². The number of hydrogen-bond acceptors (Lipinski definition) is 6. The van der Waals surface area contributed by atoms with Crippen LogP contribution < -0.4 is 5.73 Å². The monoisotopic (exact) mass is 327 g/mol. The summed E-state index contributed by atoms with van der Waals surface area (Å²) in [6.07, 6.45) is 2.64. The maximum absolute atomic E-state index is 12.1. The largest absolute Gasteiger partial charge is 0.458 e. The number of ether oxygens (including phenoxy) is 3. The molecule has 0 bridgehead atoms. The molecule has 6 nitrogen and oxygen atoms in total. The molecule has 132 valence electrons. The van der Waals surface area contributed by atoms with Crippen LogP contribution in [-0.2, 0) is 23.8 Å². The van der Waals surface area contributed by atoms with Gasteiger partial charge in [-0.1, -0.05) is 20.3 Å². The van der Waals surface area contributed by atoms with Crippen LogP contribution in [0.25, 0.3) is 0 Å². The van der Waals surface area contributed by atoms with Crippen LogP contribution in [0.3, 0.4) is 0 Å². The van der Waals surface area contributed by atoms with Crippen LogP contribution in [0.2, 0.25) is 0 Å². The van der Waals surface area contributed by atoms with E-state index in [1.165, 1.54) is 0 Å². The van der Waals surface area contributed by atoms with Crippen LogP contribution in [0.1, 0.15) is 46.5 Å². The predicted molar refractivity (Wildman–Crippen MR) is 84.5 cm³/mol. The van der Waals surface area contributed by atoms with Crippen molar-refractivity contribution in [2.75, 3.05) is 13.2 Å². The summed E-state index contributed by atoms with van der Waals surface area (Å²) in [5, 5.41) is 0. The van der Waals surface area contributed by atoms with Crippen molar-refractivity contribution < 1.29 is 23.8 Å². The molecule has 0 unspecified atom stereocenters. The third kappa shape index (κ3) is 5.46. The van der Waals surface area contributed by atoms with Crippen LogP contribution in [0, 0.1) is 17.8 Å². The second-order valence-corrected chi connectivity index (χ2v) is 7.19. The molecule has 0 aromatic carbocycles. The van der Waals surface area contributed by atoms with Crippen molar-refractivity contribution in [1.82, 2.24) is 0 Å². The first kappa shape index (κ1) is 18.2. The van der Waals surface area contributed by atoms with Crippen LogP contribution in [0.15, 0.2) is 0 Å². The maximum atomic E-state index is 12.1. The molecule has 1 saturated heterocycles. The molecule has 0 aromatic rings. The number of carbonyl (C=O) groups excluding carboxylic acids is 2. The second kappa shape index (κ2) is 8.11. The van der Waals surface area contributed by atoms with E-state index in [1.54, 1.807) is 6.92 Å². The summed E-state index contributed by atoms with van der Waals surface area (Å²) < 4.78 is 16.7. The number of nitrogens with two attached hydrogens (primary N) is 1. The Morgan fingerprint density at radius 1 is 1.35 bits per heavy atom. The fourth-order valence-corrected chi connectivity index (χ4v) is 2.77. The minimum atomic E-state index is -0.791. The molecule has 2 aliphatic rings. The molecule has 1 heterocycles. The average molecular weight is 327 g/mol. The third-order valence-corrected chi connectivity index (χ3v) is 4.44. The zero-order valence-corrected chi connectivity index (χ0v) is 14.3. The highest BCUT2D eigenvalue weighted by molar-refractivity contribution is 5.76. The lowest BCUT2D eigenvalue weighted by molar-refractivity contribution is -0.172. The summed E-state index contributed by atoms with van der Waals surface area (Å²) >= 11 is 0. The van der Waals surface area contributed by atoms with Gasteiger partial charge in [0.25, 0.3) is 0 Å². The SMILES string of the molecule is CC(C)CC[C@H]1COC[C@H](N)C(=O)O[C@@H](C)[C@@H]1OC(=O)C1CC1. The van der Waals surface area contributed by atoms with Crippen LogP contribution in [0.4, 0.5) is 0 Å². The van der Waals surface area contributed by atoms with Gasteiger partial charge in [0.15, 0.2) is 0 Å². The molecule has 0 radical (unpaired) electrons. The number of rotatable bonds is 5. The fourth-order valence-electron chi connectivity index (χ4n) is 2.77. The normalized spacial score (nSPS) is 32.7. The van der Waals surface area contributed by atoms with Gasteiger partial charge < -0.3 is 19.9 Å². The predicted octanol–water partition coefficient (Wildman–Crippen LogP) is 1.65. The molecule has 23 heavy (non-hydrogen) atoms. The first-order valence-electron chi connectivity index (χ1n) is 8.62. The van der Waals surface area contributed by atoms with Gasteiger partial charge in [0.2, 0.25) is 0 Å². The van der Waals surface area contributed by atoms with E-state index >= 15 is 0 Å². The van der Waals surface area contributed by atoms with E-state index in [-0.39, 0.29) is 24.4 Å². The molecule has 2 rings (SSSR count).